The molecular weight excluding hydrogens is 393 g/mol. The van der Waals surface area contributed by atoms with Crippen LogP contribution in [0.5, 0.6) is 5.75 Å². The SMILES string of the molecule is COc1ccc2[nH]c(S(=O)(=O)NCc3ccc(-c4ccc(F)nc4)cc3)cc2c1. The minimum atomic E-state index is -3.70. The zero-order valence-corrected chi connectivity index (χ0v) is 16.3. The highest BCUT2D eigenvalue weighted by atomic mass is 32.2. The molecule has 4 rings (SSSR count). The van der Waals surface area contributed by atoms with E-state index in [4.69, 9.17) is 4.74 Å². The first kappa shape index (κ1) is 19.1. The number of sulfonamides is 1. The van der Waals surface area contributed by atoms with Crippen molar-refractivity contribution in [2.24, 2.45) is 0 Å². The van der Waals surface area contributed by atoms with E-state index in [9.17, 15) is 12.8 Å². The maximum Gasteiger partial charge on any atom is 0.256 e. The van der Waals surface area contributed by atoms with Crippen molar-refractivity contribution in [3.63, 3.8) is 0 Å². The summed E-state index contributed by atoms with van der Waals surface area (Å²) in [5.74, 6) is 0.125. The van der Waals surface area contributed by atoms with Crippen LogP contribution in [0.3, 0.4) is 0 Å². The molecule has 0 bridgehead atoms. The lowest BCUT2D eigenvalue weighted by Crippen LogP contribution is -2.23. The van der Waals surface area contributed by atoms with Gasteiger partial charge in [-0.3, -0.25) is 0 Å². The summed E-state index contributed by atoms with van der Waals surface area (Å²) >= 11 is 0. The normalized spacial score (nSPS) is 11.7. The second-order valence-corrected chi connectivity index (χ2v) is 8.21. The van der Waals surface area contributed by atoms with Crippen molar-refractivity contribution in [1.82, 2.24) is 14.7 Å². The Balaban J connectivity index is 1.48. The summed E-state index contributed by atoms with van der Waals surface area (Å²) in [5, 5.41) is 0.844. The van der Waals surface area contributed by atoms with Crippen LogP contribution in [0.1, 0.15) is 5.56 Å². The van der Waals surface area contributed by atoms with Gasteiger partial charge in [-0.2, -0.15) is 4.39 Å². The van der Waals surface area contributed by atoms with E-state index < -0.39 is 16.0 Å². The number of H-pyrrole nitrogens is 1. The van der Waals surface area contributed by atoms with Gasteiger partial charge in [-0.05, 0) is 47.5 Å². The molecule has 0 saturated carbocycles. The molecule has 2 aromatic heterocycles. The number of nitrogens with zero attached hydrogens (tertiary/aromatic N) is 1. The number of hydrogen-bond donors (Lipinski definition) is 2. The smallest absolute Gasteiger partial charge is 0.256 e. The van der Waals surface area contributed by atoms with Crippen LogP contribution in [0.25, 0.3) is 22.0 Å². The summed E-state index contributed by atoms with van der Waals surface area (Å²) in [6.07, 6.45) is 1.46. The van der Waals surface area contributed by atoms with Gasteiger partial charge >= 0.3 is 0 Å². The van der Waals surface area contributed by atoms with Gasteiger partial charge in [0.15, 0.2) is 0 Å². The van der Waals surface area contributed by atoms with Gasteiger partial charge in [0.1, 0.15) is 10.8 Å². The molecule has 0 radical (unpaired) electrons. The lowest BCUT2D eigenvalue weighted by atomic mass is 10.1. The molecule has 0 aliphatic rings. The van der Waals surface area contributed by atoms with Crippen molar-refractivity contribution in [3.05, 3.63) is 78.4 Å². The maximum atomic E-state index is 12.9. The lowest BCUT2D eigenvalue weighted by Gasteiger charge is -2.07. The Hall–Kier alpha value is -3.23. The molecule has 2 aromatic carbocycles. The van der Waals surface area contributed by atoms with Gasteiger partial charge in [0.25, 0.3) is 10.0 Å². The molecule has 6 nitrogen and oxygen atoms in total. The Morgan fingerprint density at radius 2 is 1.79 bits per heavy atom. The van der Waals surface area contributed by atoms with Gasteiger partial charge in [0, 0.05) is 29.2 Å². The quantitative estimate of drug-likeness (QED) is 0.472. The number of fused-ring (bicyclic) bond motifs is 1. The van der Waals surface area contributed by atoms with Crippen LogP contribution in [0, 0.1) is 5.95 Å². The van der Waals surface area contributed by atoms with Crippen molar-refractivity contribution in [3.8, 4) is 16.9 Å². The van der Waals surface area contributed by atoms with Crippen LogP contribution >= 0.6 is 0 Å². The fourth-order valence-electron chi connectivity index (χ4n) is 2.97. The number of methoxy groups -OCH3 is 1. The highest BCUT2D eigenvalue weighted by Gasteiger charge is 2.17. The number of halogens is 1. The molecule has 2 N–H and O–H groups in total. The Bertz CT molecular complexity index is 1250. The van der Waals surface area contributed by atoms with Gasteiger partial charge in [-0.25, -0.2) is 18.1 Å². The standard InChI is InChI=1S/C21H18FN3O3S/c1-28-18-7-8-19-17(10-18)11-21(25-19)29(26,27)24-12-14-2-4-15(5-3-14)16-6-9-20(22)23-13-16/h2-11,13,24-25H,12H2,1H3. The number of rotatable bonds is 6. The molecule has 29 heavy (non-hydrogen) atoms. The first-order valence-corrected chi connectivity index (χ1v) is 10.3. The average molecular weight is 411 g/mol. The first-order valence-electron chi connectivity index (χ1n) is 8.82. The van der Waals surface area contributed by atoms with Crippen LogP contribution in [0.4, 0.5) is 4.39 Å². The van der Waals surface area contributed by atoms with Gasteiger partial charge in [-0.1, -0.05) is 24.3 Å². The minimum absolute atomic E-state index is 0.0924. The van der Waals surface area contributed by atoms with Crippen molar-refractivity contribution < 1.29 is 17.5 Å². The van der Waals surface area contributed by atoms with E-state index in [0.29, 0.717) is 11.3 Å². The van der Waals surface area contributed by atoms with Gasteiger partial charge in [-0.15, -0.1) is 0 Å². The molecule has 4 aromatic rings. The van der Waals surface area contributed by atoms with Crippen molar-refractivity contribution in [1.29, 1.82) is 0 Å². The number of aromatic nitrogens is 2. The molecule has 0 fully saturated rings. The van der Waals surface area contributed by atoms with E-state index in [1.165, 1.54) is 12.3 Å². The third-order valence-electron chi connectivity index (χ3n) is 4.57. The van der Waals surface area contributed by atoms with Gasteiger partial charge in [0.2, 0.25) is 5.95 Å². The molecule has 0 atom stereocenters. The fraction of sp³-hybridized carbons (Fsp3) is 0.0952. The van der Waals surface area contributed by atoms with E-state index in [0.717, 1.165) is 22.1 Å². The maximum absolute atomic E-state index is 12.9. The van der Waals surface area contributed by atoms with Crippen LogP contribution in [-0.4, -0.2) is 25.5 Å². The summed E-state index contributed by atoms with van der Waals surface area (Å²) in [6, 6.07) is 17.1. The number of hydrogen-bond acceptors (Lipinski definition) is 4. The predicted octanol–water partition coefficient (Wildman–Crippen LogP) is 3.86. The third-order valence-corrected chi connectivity index (χ3v) is 5.90. The Morgan fingerprint density at radius 3 is 2.48 bits per heavy atom. The third kappa shape index (κ3) is 4.13. The summed E-state index contributed by atoms with van der Waals surface area (Å²) in [6.45, 7) is 0.142. The zero-order valence-electron chi connectivity index (χ0n) is 15.5. The lowest BCUT2D eigenvalue weighted by molar-refractivity contribution is 0.415. The van der Waals surface area contributed by atoms with Crippen LogP contribution < -0.4 is 9.46 Å². The summed E-state index contributed by atoms with van der Waals surface area (Å²) in [4.78, 5) is 6.55. The first-order chi connectivity index (χ1) is 13.9. The van der Waals surface area contributed by atoms with E-state index >= 15 is 0 Å². The molecule has 0 saturated heterocycles. The van der Waals surface area contributed by atoms with Crippen LogP contribution in [0.15, 0.2) is 71.9 Å². The van der Waals surface area contributed by atoms with Gasteiger partial charge in [0.05, 0.1) is 7.11 Å². The van der Waals surface area contributed by atoms with Crippen molar-refractivity contribution >= 4 is 20.9 Å². The summed E-state index contributed by atoms with van der Waals surface area (Å²) in [5.41, 5.74) is 3.16. The number of pyridine rings is 1. The molecular formula is C21H18FN3O3S. The number of benzene rings is 2. The van der Waals surface area contributed by atoms with Gasteiger partial charge < -0.3 is 9.72 Å². The van der Waals surface area contributed by atoms with Crippen LogP contribution in [-0.2, 0) is 16.6 Å². The molecule has 148 valence electrons. The van der Waals surface area contributed by atoms with E-state index in [1.54, 1.807) is 37.4 Å². The predicted molar refractivity (Wildman–Crippen MR) is 109 cm³/mol. The fourth-order valence-corrected chi connectivity index (χ4v) is 4.01. The molecule has 0 aliphatic carbocycles. The Labute approximate surface area is 167 Å². The van der Waals surface area contributed by atoms with Crippen molar-refractivity contribution in [2.45, 2.75) is 11.6 Å². The van der Waals surface area contributed by atoms with E-state index in [-0.39, 0.29) is 11.6 Å². The molecule has 0 unspecified atom stereocenters. The number of aromatic amines is 1. The minimum Gasteiger partial charge on any atom is -0.497 e. The second-order valence-electron chi connectivity index (χ2n) is 6.48. The summed E-state index contributed by atoms with van der Waals surface area (Å²) in [7, 11) is -2.14. The number of ether oxygens (including phenoxy) is 1. The highest BCUT2D eigenvalue weighted by Crippen LogP contribution is 2.24. The molecule has 0 amide bonds. The highest BCUT2D eigenvalue weighted by molar-refractivity contribution is 7.89. The molecule has 0 aliphatic heterocycles. The Kier molecular flexibility index (Phi) is 5.04. The van der Waals surface area contributed by atoms with E-state index in [1.807, 2.05) is 24.3 Å². The molecule has 0 spiro atoms. The van der Waals surface area contributed by atoms with Crippen LogP contribution in [0.2, 0.25) is 0 Å². The summed E-state index contributed by atoms with van der Waals surface area (Å²) < 4.78 is 46.0. The average Bonchev–Trinajstić information content (AvgIpc) is 3.18. The monoisotopic (exact) mass is 411 g/mol. The van der Waals surface area contributed by atoms with Crippen molar-refractivity contribution in [2.75, 3.05) is 7.11 Å². The van der Waals surface area contributed by atoms with E-state index in [2.05, 4.69) is 14.7 Å². The zero-order chi connectivity index (χ0) is 20.4. The number of nitrogens with one attached hydrogen (secondary N) is 2. The second kappa shape index (κ2) is 7.65. The molecule has 2 heterocycles. The largest absolute Gasteiger partial charge is 0.497 e. The molecule has 8 heteroatoms. The Morgan fingerprint density at radius 1 is 1.03 bits per heavy atom. The topological polar surface area (TPSA) is 84.1 Å².